The van der Waals surface area contributed by atoms with Crippen LogP contribution in [-0.2, 0) is 6.18 Å². The number of rotatable bonds is 1. The van der Waals surface area contributed by atoms with E-state index in [0.29, 0.717) is 5.92 Å². The van der Waals surface area contributed by atoms with Crippen molar-refractivity contribution in [2.45, 2.75) is 19.0 Å². The summed E-state index contributed by atoms with van der Waals surface area (Å²) in [7, 11) is 0. The van der Waals surface area contributed by atoms with Crippen molar-refractivity contribution >= 4 is 12.4 Å². The first-order chi connectivity index (χ1) is 7.48. The van der Waals surface area contributed by atoms with E-state index in [1.54, 1.807) is 6.07 Å². The molecule has 0 spiro atoms. The summed E-state index contributed by atoms with van der Waals surface area (Å²) in [6.45, 7) is 3.70. The maximum Gasteiger partial charge on any atom is 0.416 e. The molecule has 1 heterocycles. The normalized spacial score (nSPS) is 24.5. The fourth-order valence-corrected chi connectivity index (χ4v) is 2.20. The van der Waals surface area contributed by atoms with Crippen molar-refractivity contribution in [3.63, 3.8) is 0 Å². The minimum absolute atomic E-state index is 0. The molecule has 0 bridgehead atoms. The van der Waals surface area contributed by atoms with E-state index in [0.717, 1.165) is 24.7 Å². The van der Waals surface area contributed by atoms with Crippen molar-refractivity contribution in [3.8, 4) is 0 Å². The molecule has 1 aliphatic heterocycles. The van der Waals surface area contributed by atoms with E-state index < -0.39 is 11.7 Å². The van der Waals surface area contributed by atoms with Crippen LogP contribution in [-0.4, -0.2) is 13.1 Å². The van der Waals surface area contributed by atoms with Crippen LogP contribution >= 0.6 is 12.4 Å². The van der Waals surface area contributed by atoms with E-state index in [2.05, 4.69) is 12.2 Å². The van der Waals surface area contributed by atoms with Gasteiger partial charge in [-0.05, 0) is 24.1 Å². The summed E-state index contributed by atoms with van der Waals surface area (Å²) < 4.78 is 37.6. The molecule has 17 heavy (non-hydrogen) atoms. The minimum atomic E-state index is -4.24. The molecule has 1 nitrogen and oxygen atoms in total. The van der Waals surface area contributed by atoms with Crippen LogP contribution in [0.25, 0.3) is 0 Å². The van der Waals surface area contributed by atoms with Crippen LogP contribution in [0.5, 0.6) is 0 Å². The van der Waals surface area contributed by atoms with Gasteiger partial charge in [-0.2, -0.15) is 13.2 Å². The molecule has 0 radical (unpaired) electrons. The molecule has 0 amide bonds. The van der Waals surface area contributed by atoms with Gasteiger partial charge in [-0.1, -0.05) is 25.1 Å². The molecule has 96 valence electrons. The van der Waals surface area contributed by atoms with Crippen LogP contribution in [0.3, 0.4) is 0 Å². The van der Waals surface area contributed by atoms with E-state index in [4.69, 9.17) is 0 Å². The zero-order chi connectivity index (χ0) is 11.8. The van der Waals surface area contributed by atoms with Gasteiger partial charge in [0.1, 0.15) is 0 Å². The molecule has 1 fully saturated rings. The smallest absolute Gasteiger partial charge is 0.316 e. The third kappa shape index (κ3) is 3.13. The van der Waals surface area contributed by atoms with Gasteiger partial charge < -0.3 is 5.32 Å². The van der Waals surface area contributed by atoms with Crippen molar-refractivity contribution in [2.75, 3.05) is 13.1 Å². The third-order valence-electron chi connectivity index (χ3n) is 3.16. The largest absolute Gasteiger partial charge is 0.416 e. The molecule has 1 saturated heterocycles. The van der Waals surface area contributed by atoms with E-state index in [1.807, 2.05) is 0 Å². The Labute approximate surface area is 105 Å². The minimum Gasteiger partial charge on any atom is -0.316 e. The van der Waals surface area contributed by atoms with Gasteiger partial charge in [0, 0.05) is 12.5 Å². The van der Waals surface area contributed by atoms with Crippen LogP contribution in [0, 0.1) is 5.92 Å². The molecule has 2 atom stereocenters. The lowest BCUT2D eigenvalue weighted by Crippen LogP contribution is -2.10. The van der Waals surface area contributed by atoms with Crippen LogP contribution in [0.1, 0.15) is 24.0 Å². The summed E-state index contributed by atoms with van der Waals surface area (Å²) in [5.41, 5.74) is 0.233. The van der Waals surface area contributed by atoms with Crippen molar-refractivity contribution in [1.82, 2.24) is 5.32 Å². The summed E-state index contributed by atoms with van der Waals surface area (Å²) in [5, 5.41) is 3.20. The Morgan fingerprint density at radius 2 is 1.94 bits per heavy atom. The first-order valence-electron chi connectivity index (χ1n) is 5.36. The Kier molecular flexibility index (Phi) is 4.44. The van der Waals surface area contributed by atoms with Crippen LogP contribution < -0.4 is 5.32 Å². The van der Waals surface area contributed by atoms with Gasteiger partial charge in [0.2, 0.25) is 0 Å². The number of alkyl halides is 3. The maximum absolute atomic E-state index is 12.5. The van der Waals surface area contributed by atoms with Gasteiger partial charge in [-0.3, -0.25) is 0 Å². The number of nitrogens with one attached hydrogen (secondary N) is 1. The molecule has 1 aromatic rings. The second kappa shape index (κ2) is 5.27. The fraction of sp³-hybridized carbons (Fsp3) is 0.500. The molecule has 0 saturated carbocycles. The molecule has 0 aliphatic carbocycles. The first kappa shape index (κ1) is 14.3. The number of hydrogen-bond donors (Lipinski definition) is 1. The van der Waals surface area contributed by atoms with Gasteiger partial charge in [0.05, 0.1) is 5.56 Å². The Balaban J connectivity index is 0.00000144. The molecular formula is C12H15ClF3N. The van der Waals surface area contributed by atoms with Gasteiger partial charge in [-0.15, -0.1) is 12.4 Å². The van der Waals surface area contributed by atoms with E-state index in [1.165, 1.54) is 12.1 Å². The Morgan fingerprint density at radius 1 is 1.24 bits per heavy atom. The summed E-state index contributed by atoms with van der Waals surface area (Å²) in [4.78, 5) is 0. The highest BCUT2D eigenvalue weighted by molar-refractivity contribution is 5.85. The zero-order valence-corrected chi connectivity index (χ0v) is 10.2. The zero-order valence-electron chi connectivity index (χ0n) is 9.42. The van der Waals surface area contributed by atoms with Crippen LogP contribution in [0.2, 0.25) is 0 Å². The highest BCUT2D eigenvalue weighted by Gasteiger charge is 2.32. The average Bonchev–Trinajstić information content (AvgIpc) is 2.63. The molecule has 1 aromatic carbocycles. The van der Waals surface area contributed by atoms with E-state index in [9.17, 15) is 13.2 Å². The number of halogens is 4. The van der Waals surface area contributed by atoms with Crippen molar-refractivity contribution in [3.05, 3.63) is 35.4 Å². The first-order valence-corrected chi connectivity index (χ1v) is 5.36. The van der Waals surface area contributed by atoms with E-state index in [-0.39, 0.29) is 18.3 Å². The van der Waals surface area contributed by atoms with Gasteiger partial charge >= 0.3 is 6.18 Å². The van der Waals surface area contributed by atoms with Gasteiger partial charge in [-0.25, -0.2) is 0 Å². The van der Waals surface area contributed by atoms with Crippen LogP contribution in [0.15, 0.2) is 24.3 Å². The Hall–Kier alpha value is -0.740. The Morgan fingerprint density at radius 3 is 2.47 bits per heavy atom. The monoisotopic (exact) mass is 265 g/mol. The van der Waals surface area contributed by atoms with Gasteiger partial charge in [0.15, 0.2) is 0 Å². The highest BCUT2D eigenvalue weighted by atomic mass is 35.5. The molecule has 1 aliphatic rings. The second-order valence-electron chi connectivity index (χ2n) is 4.37. The standard InChI is InChI=1S/C12H14F3N.ClH/c1-8-6-16-7-11(8)9-3-2-4-10(5-9)12(13,14)15;/h2-5,8,11,16H,6-7H2,1H3;1H/t8-,11+;/m1./s1. The second-order valence-corrected chi connectivity index (χ2v) is 4.37. The number of hydrogen-bond acceptors (Lipinski definition) is 1. The highest BCUT2D eigenvalue weighted by Crippen LogP contribution is 2.33. The van der Waals surface area contributed by atoms with Gasteiger partial charge in [0.25, 0.3) is 0 Å². The lowest BCUT2D eigenvalue weighted by atomic mass is 9.89. The van der Waals surface area contributed by atoms with Crippen molar-refractivity contribution in [2.24, 2.45) is 5.92 Å². The Bertz CT molecular complexity index is 378. The molecule has 1 N–H and O–H groups in total. The predicted octanol–water partition coefficient (Wildman–Crippen LogP) is 3.45. The summed E-state index contributed by atoms with van der Waals surface area (Å²) in [5.74, 6) is 0.589. The average molecular weight is 266 g/mol. The number of benzene rings is 1. The molecular weight excluding hydrogens is 251 g/mol. The third-order valence-corrected chi connectivity index (χ3v) is 3.16. The van der Waals surface area contributed by atoms with E-state index >= 15 is 0 Å². The molecule has 0 aromatic heterocycles. The van der Waals surface area contributed by atoms with Crippen molar-refractivity contribution < 1.29 is 13.2 Å². The lowest BCUT2D eigenvalue weighted by Gasteiger charge is -2.16. The SMILES string of the molecule is C[C@@H]1CNC[C@@H]1c1cccc(C(F)(F)F)c1.Cl. The fourth-order valence-electron chi connectivity index (χ4n) is 2.20. The maximum atomic E-state index is 12.5. The predicted molar refractivity (Wildman–Crippen MR) is 63.5 cm³/mol. The topological polar surface area (TPSA) is 12.0 Å². The van der Waals surface area contributed by atoms with Crippen molar-refractivity contribution in [1.29, 1.82) is 0 Å². The molecule has 5 heteroatoms. The quantitative estimate of drug-likeness (QED) is 0.820. The molecule has 2 rings (SSSR count). The lowest BCUT2D eigenvalue weighted by molar-refractivity contribution is -0.137. The van der Waals surface area contributed by atoms with Crippen LogP contribution in [0.4, 0.5) is 13.2 Å². The summed E-state index contributed by atoms with van der Waals surface area (Å²) >= 11 is 0. The summed E-state index contributed by atoms with van der Waals surface area (Å²) in [6, 6.07) is 5.66. The summed E-state index contributed by atoms with van der Waals surface area (Å²) in [6.07, 6.45) is -4.24. The molecule has 0 unspecified atom stereocenters.